The van der Waals surface area contributed by atoms with E-state index in [2.05, 4.69) is 15.1 Å². The van der Waals surface area contributed by atoms with Gasteiger partial charge in [-0.25, -0.2) is 19.4 Å². The number of carbonyl (C=O) groups is 1. The largest absolute Gasteiger partial charge is 0.444 e. The Balaban J connectivity index is 1.77. The first-order chi connectivity index (χ1) is 10.3. The number of likely N-dealkylation sites (tertiary alicyclic amines) is 1. The van der Waals surface area contributed by atoms with Crippen LogP contribution in [0.5, 0.6) is 0 Å². The molecular weight excluding hydrogens is 284 g/mol. The Bertz CT molecular complexity index is 705. The highest BCUT2D eigenvalue weighted by Gasteiger charge is 2.32. The highest BCUT2D eigenvalue weighted by atomic mass is 16.6. The zero-order valence-electron chi connectivity index (χ0n) is 13.0. The maximum atomic E-state index is 12.1. The van der Waals surface area contributed by atoms with E-state index in [0.717, 1.165) is 11.8 Å². The molecule has 0 radical (unpaired) electrons. The second-order valence-electron chi connectivity index (χ2n) is 6.45. The van der Waals surface area contributed by atoms with Crippen molar-refractivity contribution in [2.45, 2.75) is 38.8 Å². The number of carbonyl (C=O) groups excluding carboxylic acids is 1. The maximum Gasteiger partial charge on any atom is 0.410 e. The van der Waals surface area contributed by atoms with Gasteiger partial charge in [0.25, 0.3) is 0 Å². The molecule has 3 rings (SSSR count). The molecule has 2 aromatic heterocycles. The zero-order chi connectivity index (χ0) is 15.9. The van der Waals surface area contributed by atoms with Crippen molar-refractivity contribution >= 4 is 22.9 Å². The molecule has 0 aromatic carbocycles. The number of ether oxygens (including phenoxy) is 1. The van der Waals surface area contributed by atoms with Gasteiger partial charge in [-0.2, -0.15) is 5.10 Å². The second kappa shape index (κ2) is 5.11. The summed E-state index contributed by atoms with van der Waals surface area (Å²) < 4.78 is 7.22. The summed E-state index contributed by atoms with van der Waals surface area (Å²) in [5.74, 6) is 0.415. The first-order valence-corrected chi connectivity index (χ1v) is 7.27. The number of rotatable bonds is 1. The fraction of sp³-hybridized carbons (Fsp3) is 0.571. The van der Waals surface area contributed by atoms with Gasteiger partial charge < -0.3 is 15.4 Å². The summed E-state index contributed by atoms with van der Waals surface area (Å²) in [6.07, 6.45) is 3.61. The van der Waals surface area contributed by atoms with E-state index in [1.807, 2.05) is 25.5 Å². The molecule has 2 N–H and O–H groups in total. The van der Waals surface area contributed by atoms with Gasteiger partial charge in [0.2, 0.25) is 0 Å². The molecule has 22 heavy (non-hydrogen) atoms. The number of nitrogens with two attached hydrogens (primary N) is 1. The number of anilines is 1. The minimum Gasteiger partial charge on any atom is -0.444 e. The van der Waals surface area contributed by atoms with E-state index in [1.54, 1.807) is 11.1 Å². The van der Waals surface area contributed by atoms with E-state index in [-0.39, 0.29) is 12.1 Å². The first-order valence-electron chi connectivity index (χ1n) is 7.27. The summed E-state index contributed by atoms with van der Waals surface area (Å²) in [6.45, 7) is 6.77. The van der Waals surface area contributed by atoms with Gasteiger partial charge in [0.1, 0.15) is 17.7 Å². The number of hydrogen-bond acceptors (Lipinski definition) is 6. The van der Waals surface area contributed by atoms with Crippen LogP contribution in [-0.4, -0.2) is 49.4 Å². The first kappa shape index (κ1) is 14.6. The third-order valence-electron chi connectivity index (χ3n) is 3.58. The lowest BCUT2D eigenvalue weighted by molar-refractivity contribution is 0.0288. The van der Waals surface area contributed by atoms with Crippen LogP contribution < -0.4 is 5.73 Å². The van der Waals surface area contributed by atoms with Crippen LogP contribution in [0, 0.1) is 0 Å². The Morgan fingerprint density at radius 1 is 1.41 bits per heavy atom. The molecule has 1 saturated heterocycles. The summed E-state index contributed by atoms with van der Waals surface area (Å²) in [6, 6.07) is 0.0688. The third-order valence-corrected chi connectivity index (χ3v) is 3.58. The topological polar surface area (TPSA) is 99.2 Å². The van der Waals surface area contributed by atoms with Crippen molar-refractivity contribution in [1.82, 2.24) is 24.6 Å². The minimum absolute atomic E-state index is 0.0688. The van der Waals surface area contributed by atoms with Crippen LogP contribution in [0.4, 0.5) is 10.6 Å². The van der Waals surface area contributed by atoms with Crippen molar-refractivity contribution in [1.29, 1.82) is 0 Å². The van der Waals surface area contributed by atoms with E-state index in [0.29, 0.717) is 24.6 Å². The van der Waals surface area contributed by atoms with E-state index >= 15 is 0 Å². The van der Waals surface area contributed by atoms with Crippen LogP contribution in [0.15, 0.2) is 12.5 Å². The molecule has 3 heterocycles. The third kappa shape index (κ3) is 2.68. The molecule has 1 aliphatic heterocycles. The number of nitrogen functional groups attached to an aromatic ring is 1. The normalized spacial score (nSPS) is 18.9. The number of fused-ring (bicyclic) bond motifs is 1. The summed E-state index contributed by atoms with van der Waals surface area (Å²) in [4.78, 5) is 22.0. The smallest absolute Gasteiger partial charge is 0.410 e. The second-order valence-corrected chi connectivity index (χ2v) is 6.45. The molecule has 0 aliphatic carbocycles. The van der Waals surface area contributed by atoms with Crippen LogP contribution in [0.1, 0.15) is 33.2 Å². The molecule has 0 spiro atoms. The standard InChI is InChI=1S/C14H20N6O2/c1-14(2,3)22-13(21)19-5-4-9(7-19)20-12-10(6-18-20)11(15)16-8-17-12/h6,8-9H,4-5,7H2,1-3H3,(H2,15,16,17). The van der Waals surface area contributed by atoms with Crippen molar-refractivity contribution in [3.8, 4) is 0 Å². The van der Waals surface area contributed by atoms with Gasteiger partial charge in [-0.3, -0.25) is 0 Å². The van der Waals surface area contributed by atoms with Crippen LogP contribution in [0.3, 0.4) is 0 Å². The molecule has 1 amide bonds. The summed E-state index contributed by atoms with van der Waals surface area (Å²) in [7, 11) is 0. The number of amides is 1. The van der Waals surface area contributed by atoms with Gasteiger partial charge >= 0.3 is 6.09 Å². The quantitative estimate of drug-likeness (QED) is 0.859. The van der Waals surface area contributed by atoms with Crippen molar-refractivity contribution in [2.24, 2.45) is 0 Å². The van der Waals surface area contributed by atoms with Gasteiger partial charge in [-0.15, -0.1) is 0 Å². The Morgan fingerprint density at radius 3 is 2.91 bits per heavy atom. The zero-order valence-corrected chi connectivity index (χ0v) is 13.0. The lowest BCUT2D eigenvalue weighted by Gasteiger charge is -2.24. The van der Waals surface area contributed by atoms with E-state index in [4.69, 9.17) is 10.5 Å². The maximum absolute atomic E-state index is 12.1. The molecule has 0 saturated carbocycles. The average molecular weight is 304 g/mol. The SMILES string of the molecule is CC(C)(C)OC(=O)N1CCC(n2ncc3c(N)ncnc32)C1. The van der Waals surface area contributed by atoms with Gasteiger partial charge in [-0.05, 0) is 27.2 Å². The molecule has 2 aromatic rings. The monoisotopic (exact) mass is 304 g/mol. The molecule has 8 nitrogen and oxygen atoms in total. The molecule has 1 unspecified atom stereocenters. The highest BCUT2D eigenvalue weighted by Crippen LogP contribution is 2.26. The van der Waals surface area contributed by atoms with Crippen molar-refractivity contribution in [3.63, 3.8) is 0 Å². The predicted molar refractivity (Wildman–Crippen MR) is 81.2 cm³/mol. The van der Waals surface area contributed by atoms with Crippen LogP contribution in [-0.2, 0) is 4.74 Å². The number of hydrogen-bond donors (Lipinski definition) is 1. The average Bonchev–Trinajstić information content (AvgIpc) is 3.03. The van der Waals surface area contributed by atoms with Gasteiger partial charge in [0.15, 0.2) is 5.65 Å². The van der Waals surface area contributed by atoms with Crippen molar-refractivity contribution in [3.05, 3.63) is 12.5 Å². The molecule has 0 bridgehead atoms. The van der Waals surface area contributed by atoms with Crippen molar-refractivity contribution < 1.29 is 9.53 Å². The van der Waals surface area contributed by atoms with Crippen LogP contribution >= 0.6 is 0 Å². The van der Waals surface area contributed by atoms with E-state index < -0.39 is 5.60 Å². The van der Waals surface area contributed by atoms with Gasteiger partial charge in [0, 0.05) is 13.1 Å². The van der Waals surface area contributed by atoms with E-state index in [1.165, 1.54) is 6.33 Å². The Kier molecular flexibility index (Phi) is 3.38. The molecular formula is C14H20N6O2. The van der Waals surface area contributed by atoms with Gasteiger partial charge in [0.05, 0.1) is 17.6 Å². The molecule has 118 valence electrons. The lowest BCUT2D eigenvalue weighted by Crippen LogP contribution is -2.35. The summed E-state index contributed by atoms with van der Waals surface area (Å²) in [5, 5.41) is 5.10. The fourth-order valence-electron chi connectivity index (χ4n) is 2.58. The summed E-state index contributed by atoms with van der Waals surface area (Å²) in [5.41, 5.74) is 6.03. The lowest BCUT2D eigenvalue weighted by atomic mass is 10.2. The van der Waals surface area contributed by atoms with Crippen LogP contribution in [0.25, 0.3) is 11.0 Å². The molecule has 1 atom stereocenters. The predicted octanol–water partition coefficient (Wildman–Crippen LogP) is 1.59. The summed E-state index contributed by atoms with van der Waals surface area (Å²) >= 11 is 0. The van der Waals surface area contributed by atoms with Gasteiger partial charge in [-0.1, -0.05) is 0 Å². The Labute approximate surface area is 128 Å². The van der Waals surface area contributed by atoms with Crippen LogP contribution in [0.2, 0.25) is 0 Å². The molecule has 1 aliphatic rings. The Hall–Kier alpha value is -2.38. The fourth-order valence-corrected chi connectivity index (χ4v) is 2.58. The number of aromatic nitrogens is 4. The minimum atomic E-state index is -0.491. The molecule has 1 fully saturated rings. The van der Waals surface area contributed by atoms with Crippen molar-refractivity contribution in [2.75, 3.05) is 18.8 Å². The molecule has 8 heteroatoms. The van der Waals surface area contributed by atoms with E-state index in [9.17, 15) is 4.79 Å². The number of nitrogens with zero attached hydrogens (tertiary/aromatic N) is 5. The Morgan fingerprint density at radius 2 is 2.18 bits per heavy atom. The highest BCUT2D eigenvalue weighted by molar-refractivity contribution is 5.84.